The summed E-state index contributed by atoms with van der Waals surface area (Å²) in [5.74, 6) is 1.88. The Bertz CT molecular complexity index is 929. The summed E-state index contributed by atoms with van der Waals surface area (Å²) in [4.78, 5) is 17.1. The zero-order chi connectivity index (χ0) is 18.9. The molecule has 1 saturated heterocycles. The van der Waals surface area contributed by atoms with Gasteiger partial charge in [-0.3, -0.25) is 4.79 Å². The molecule has 144 valence electrons. The highest BCUT2D eigenvalue weighted by Crippen LogP contribution is 2.39. The second-order valence-corrected chi connectivity index (χ2v) is 7.52. The molecule has 0 bridgehead atoms. The van der Waals surface area contributed by atoms with E-state index < -0.39 is 0 Å². The Morgan fingerprint density at radius 2 is 1.75 bits per heavy atom. The van der Waals surface area contributed by atoms with Crippen LogP contribution in [0, 0.1) is 0 Å². The van der Waals surface area contributed by atoms with E-state index in [1.165, 1.54) is 16.7 Å². The summed E-state index contributed by atoms with van der Waals surface area (Å²) in [5, 5.41) is 0. The van der Waals surface area contributed by atoms with Crippen LogP contribution in [0.2, 0.25) is 0 Å². The van der Waals surface area contributed by atoms with Gasteiger partial charge in [-0.15, -0.1) is 0 Å². The first-order chi connectivity index (χ1) is 13.8. The van der Waals surface area contributed by atoms with Crippen molar-refractivity contribution in [2.75, 3.05) is 44.3 Å². The first-order valence-electron chi connectivity index (χ1n) is 9.96. The number of fused-ring (bicyclic) bond motifs is 2. The van der Waals surface area contributed by atoms with E-state index in [-0.39, 0.29) is 5.91 Å². The summed E-state index contributed by atoms with van der Waals surface area (Å²) in [5.41, 5.74) is 4.87. The first kappa shape index (κ1) is 17.2. The largest absolute Gasteiger partial charge is 0.486 e. The number of benzene rings is 2. The maximum Gasteiger partial charge on any atom is 0.226 e. The van der Waals surface area contributed by atoms with Gasteiger partial charge in [0.2, 0.25) is 5.91 Å². The third kappa shape index (κ3) is 3.21. The molecule has 0 saturated carbocycles. The van der Waals surface area contributed by atoms with E-state index in [9.17, 15) is 4.79 Å². The first-order valence-corrected chi connectivity index (χ1v) is 9.96. The van der Waals surface area contributed by atoms with E-state index in [0.717, 1.165) is 49.8 Å². The minimum atomic E-state index is 0.230. The van der Waals surface area contributed by atoms with E-state index in [4.69, 9.17) is 9.47 Å². The molecule has 5 heteroatoms. The summed E-state index contributed by atoms with van der Waals surface area (Å²) in [6.45, 7) is 4.28. The number of nitrogens with zero attached hydrogens (tertiary/aromatic N) is 2. The van der Waals surface area contributed by atoms with Crippen LogP contribution >= 0.6 is 0 Å². The number of anilines is 1. The molecule has 2 aromatic rings. The predicted molar refractivity (Wildman–Crippen MR) is 109 cm³/mol. The van der Waals surface area contributed by atoms with Gasteiger partial charge in [-0.05, 0) is 29.7 Å². The second kappa shape index (κ2) is 7.23. The summed E-state index contributed by atoms with van der Waals surface area (Å²) in [6.07, 6.45) is 3.60. The van der Waals surface area contributed by atoms with E-state index in [2.05, 4.69) is 41.3 Å². The summed E-state index contributed by atoms with van der Waals surface area (Å²) < 4.78 is 11.5. The van der Waals surface area contributed by atoms with Gasteiger partial charge in [0.15, 0.2) is 11.5 Å². The number of hydrogen-bond donors (Lipinski definition) is 0. The van der Waals surface area contributed by atoms with Crippen molar-refractivity contribution in [1.29, 1.82) is 0 Å². The minimum absolute atomic E-state index is 0.230. The van der Waals surface area contributed by atoms with Crippen LogP contribution in [0.5, 0.6) is 11.5 Å². The molecule has 2 heterocycles. The fourth-order valence-electron chi connectivity index (χ4n) is 4.28. The van der Waals surface area contributed by atoms with E-state index in [1.807, 2.05) is 17.0 Å². The maximum absolute atomic E-state index is 12.8. The Kier molecular flexibility index (Phi) is 4.43. The quantitative estimate of drug-likeness (QED) is 0.825. The molecule has 5 nitrogen and oxygen atoms in total. The third-order valence-electron chi connectivity index (χ3n) is 5.73. The highest BCUT2D eigenvalue weighted by molar-refractivity contribution is 5.82. The Morgan fingerprint density at radius 3 is 2.61 bits per heavy atom. The van der Waals surface area contributed by atoms with Gasteiger partial charge in [-0.2, -0.15) is 0 Å². The Balaban J connectivity index is 1.21. The Hall–Kier alpha value is -2.95. The normalized spacial score (nSPS) is 17.9. The van der Waals surface area contributed by atoms with Crippen LogP contribution in [0.25, 0.3) is 6.08 Å². The molecule has 0 atom stereocenters. The second-order valence-electron chi connectivity index (χ2n) is 7.52. The molecule has 1 aliphatic carbocycles. The SMILES string of the molecule is O=C(CC1=Cc2ccccc2C1)N1CCN(c2cccc3c2OCCO3)CC1. The van der Waals surface area contributed by atoms with E-state index in [1.54, 1.807) is 0 Å². The predicted octanol–water partition coefficient (Wildman–Crippen LogP) is 3.14. The summed E-state index contributed by atoms with van der Waals surface area (Å²) in [7, 11) is 0. The van der Waals surface area contributed by atoms with E-state index in [0.29, 0.717) is 19.6 Å². The van der Waals surface area contributed by atoms with Gasteiger partial charge < -0.3 is 19.3 Å². The summed E-state index contributed by atoms with van der Waals surface area (Å²) >= 11 is 0. The molecule has 2 aromatic carbocycles. The van der Waals surface area contributed by atoms with Gasteiger partial charge in [0.25, 0.3) is 0 Å². The zero-order valence-electron chi connectivity index (χ0n) is 15.9. The smallest absolute Gasteiger partial charge is 0.226 e. The standard InChI is InChI=1S/C23H24N2O3/c26-22(16-17-14-18-4-1-2-5-19(18)15-17)25-10-8-24(9-11-25)20-6-3-7-21-23(20)28-13-12-27-21/h1-7,14H,8-13,15-16H2. The Labute approximate surface area is 165 Å². The highest BCUT2D eigenvalue weighted by atomic mass is 16.6. The highest BCUT2D eigenvalue weighted by Gasteiger charge is 2.26. The van der Waals surface area contributed by atoms with Crippen molar-refractivity contribution in [2.45, 2.75) is 12.8 Å². The van der Waals surface area contributed by atoms with Crippen LogP contribution in [-0.2, 0) is 11.2 Å². The molecular weight excluding hydrogens is 352 g/mol. The molecule has 2 aliphatic heterocycles. The summed E-state index contributed by atoms with van der Waals surface area (Å²) in [6, 6.07) is 14.4. The van der Waals surface area contributed by atoms with Gasteiger partial charge in [0.1, 0.15) is 13.2 Å². The minimum Gasteiger partial charge on any atom is -0.486 e. The molecular formula is C23H24N2O3. The fraction of sp³-hybridized carbons (Fsp3) is 0.348. The molecule has 0 spiro atoms. The molecule has 0 radical (unpaired) electrons. The lowest BCUT2D eigenvalue weighted by atomic mass is 10.1. The average molecular weight is 376 g/mol. The number of rotatable bonds is 3. The van der Waals surface area contributed by atoms with Gasteiger partial charge in [0, 0.05) is 32.6 Å². The fourth-order valence-corrected chi connectivity index (χ4v) is 4.28. The molecule has 28 heavy (non-hydrogen) atoms. The maximum atomic E-state index is 12.8. The zero-order valence-corrected chi connectivity index (χ0v) is 15.9. The van der Waals surface area contributed by atoms with Crippen molar-refractivity contribution in [3.63, 3.8) is 0 Å². The number of amides is 1. The van der Waals surface area contributed by atoms with E-state index >= 15 is 0 Å². The van der Waals surface area contributed by atoms with Crippen molar-refractivity contribution in [1.82, 2.24) is 4.90 Å². The van der Waals surface area contributed by atoms with Crippen LogP contribution in [-0.4, -0.2) is 50.2 Å². The van der Waals surface area contributed by atoms with Gasteiger partial charge in [-0.25, -0.2) is 0 Å². The van der Waals surface area contributed by atoms with Crippen LogP contribution < -0.4 is 14.4 Å². The number of carbonyl (C=O) groups excluding carboxylic acids is 1. The van der Waals surface area contributed by atoms with Crippen LogP contribution in [0.1, 0.15) is 17.5 Å². The molecule has 0 aromatic heterocycles. The van der Waals surface area contributed by atoms with Crippen molar-refractivity contribution >= 4 is 17.7 Å². The molecule has 1 amide bonds. The molecule has 0 N–H and O–H groups in total. The number of para-hydroxylation sites is 1. The van der Waals surface area contributed by atoms with Crippen LogP contribution in [0.15, 0.2) is 48.0 Å². The van der Waals surface area contributed by atoms with Crippen molar-refractivity contribution < 1.29 is 14.3 Å². The van der Waals surface area contributed by atoms with Crippen molar-refractivity contribution in [2.24, 2.45) is 0 Å². The number of piperazine rings is 1. The molecule has 5 rings (SSSR count). The molecule has 3 aliphatic rings. The van der Waals surface area contributed by atoms with Crippen LogP contribution in [0.4, 0.5) is 5.69 Å². The topological polar surface area (TPSA) is 42.0 Å². The van der Waals surface area contributed by atoms with Gasteiger partial charge >= 0.3 is 0 Å². The van der Waals surface area contributed by atoms with Gasteiger partial charge in [-0.1, -0.05) is 42.0 Å². The molecule has 0 unspecified atom stereocenters. The van der Waals surface area contributed by atoms with Crippen molar-refractivity contribution in [3.8, 4) is 11.5 Å². The lowest BCUT2D eigenvalue weighted by molar-refractivity contribution is -0.130. The number of ether oxygens (including phenoxy) is 2. The Morgan fingerprint density at radius 1 is 0.929 bits per heavy atom. The average Bonchev–Trinajstić information content (AvgIpc) is 3.16. The number of carbonyl (C=O) groups is 1. The monoisotopic (exact) mass is 376 g/mol. The molecule has 1 fully saturated rings. The number of hydrogen-bond acceptors (Lipinski definition) is 4. The third-order valence-corrected chi connectivity index (χ3v) is 5.73. The lowest BCUT2D eigenvalue weighted by Gasteiger charge is -2.37. The van der Waals surface area contributed by atoms with Gasteiger partial charge in [0.05, 0.1) is 5.69 Å². The van der Waals surface area contributed by atoms with Crippen LogP contribution in [0.3, 0.4) is 0 Å². The lowest BCUT2D eigenvalue weighted by Crippen LogP contribution is -2.49. The van der Waals surface area contributed by atoms with Crippen molar-refractivity contribution in [3.05, 3.63) is 59.2 Å².